The van der Waals surface area contributed by atoms with Gasteiger partial charge in [0.1, 0.15) is 0 Å². The first-order valence-corrected chi connectivity index (χ1v) is 8.77. The summed E-state index contributed by atoms with van der Waals surface area (Å²) in [4.78, 5) is 9.31. The van der Waals surface area contributed by atoms with Gasteiger partial charge in [0, 0.05) is 51.9 Å². The summed E-state index contributed by atoms with van der Waals surface area (Å²) in [6.07, 6.45) is 5.29. The van der Waals surface area contributed by atoms with Crippen molar-refractivity contribution in [2.24, 2.45) is 12.0 Å². The SMILES string of the molecule is CCN(CC)C(C)CNC(=NC)N1CCC(c2cnn(C)c2)C1.I. The first-order valence-electron chi connectivity index (χ1n) is 8.77. The van der Waals surface area contributed by atoms with E-state index in [0.717, 1.165) is 45.1 Å². The molecule has 2 unspecified atom stereocenters. The van der Waals surface area contributed by atoms with E-state index in [1.54, 1.807) is 0 Å². The van der Waals surface area contributed by atoms with Gasteiger partial charge >= 0.3 is 0 Å². The van der Waals surface area contributed by atoms with Crippen LogP contribution in [-0.4, -0.2) is 71.4 Å². The van der Waals surface area contributed by atoms with Crippen molar-refractivity contribution in [2.75, 3.05) is 39.8 Å². The summed E-state index contributed by atoms with van der Waals surface area (Å²) in [5.74, 6) is 1.58. The molecule has 1 saturated heterocycles. The van der Waals surface area contributed by atoms with E-state index in [1.807, 2.05) is 25.0 Å². The van der Waals surface area contributed by atoms with E-state index in [0.29, 0.717) is 12.0 Å². The Morgan fingerprint density at radius 3 is 2.71 bits per heavy atom. The minimum Gasteiger partial charge on any atom is -0.355 e. The number of likely N-dealkylation sites (N-methyl/N-ethyl adjacent to an activating group) is 1. The number of hydrogen-bond donors (Lipinski definition) is 1. The second-order valence-electron chi connectivity index (χ2n) is 6.38. The van der Waals surface area contributed by atoms with Crippen molar-refractivity contribution in [3.63, 3.8) is 0 Å². The van der Waals surface area contributed by atoms with Crippen molar-refractivity contribution in [1.29, 1.82) is 0 Å². The highest BCUT2D eigenvalue weighted by Gasteiger charge is 2.27. The number of halogens is 1. The molecule has 0 spiro atoms. The predicted molar refractivity (Wildman–Crippen MR) is 111 cm³/mol. The van der Waals surface area contributed by atoms with Crippen LogP contribution in [0.3, 0.4) is 0 Å². The second-order valence-corrected chi connectivity index (χ2v) is 6.38. The summed E-state index contributed by atoms with van der Waals surface area (Å²) in [6, 6.07) is 0.512. The van der Waals surface area contributed by atoms with Crippen LogP contribution in [0.1, 0.15) is 38.7 Å². The van der Waals surface area contributed by atoms with E-state index in [1.165, 1.54) is 5.56 Å². The fourth-order valence-corrected chi connectivity index (χ4v) is 3.42. The molecule has 0 bridgehead atoms. The van der Waals surface area contributed by atoms with Gasteiger partial charge in [0.2, 0.25) is 0 Å². The molecule has 0 radical (unpaired) electrons. The molecular weight excluding hydrogens is 415 g/mol. The molecule has 0 saturated carbocycles. The number of aryl methyl sites for hydroxylation is 1. The van der Waals surface area contributed by atoms with Gasteiger partial charge in [0.15, 0.2) is 5.96 Å². The van der Waals surface area contributed by atoms with Gasteiger partial charge in [-0.05, 0) is 32.0 Å². The lowest BCUT2D eigenvalue weighted by atomic mass is 10.0. The number of nitrogens with one attached hydrogen (secondary N) is 1. The van der Waals surface area contributed by atoms with Gasteiger partial charge < -0.3 is 10.2 Å². The molecule has 1 aromatic heterocycles. The Labute approximate surface area is 163 Å². The molecule has 1 aliphatic rings. The molecule has 138 valence electrons. The normalized spacial score (nSPS) is 19.5. The van der Waals surface area contributed by atoms with Crippen LogP contribution in [0.2, 0.25) is 0 Å². The van der Waals surface area contributed by atoms with Gasteiger partial charge in [-0.1, -0.05) is 13.8 Å². The maximum absolute atomic E-state index is 4.48. The average molecular weight is 448 g/mol. The molecular formula is C17H33IN6. The van der Waals surface area contributed by atoms with E-state index in [2.05, 4.69) is 52.2 Å². The minimum atomic E-state index is 0. The lowest BCUT2D eigenvalue weighted by Gasteiger charge is -2.29. The number of aliphatic imine (C=N–C) groups is 1. The number of aromatic nitrogens is 2. The van der Waals surface area contributed by atoms with Gasteiger partial charge in [-0.25, -0.2) is 0 Å². The third kappa shape index (κ3) is 5.34. The monoisotopic (exact) mass is 448 g/mol. The van der Waals surface area contributed by atoms with Crippen LogP contribution >= 0.6 is 24.0 Å². The number of likely N-dealkylation sites (tertiary alicyclic amines) is 1. The van der Waals surface area contributed by atoms with Crippen LogP contribution in [0.15, 0.2) is 17.4 Å². The molecule has 2 heterocycles. The molecule has 1 N–H and O–H groups in total. The Morgan fingerprint density at radius 2 is 2.17 bits per heavy atom. The summed E-state index contributed by atoms with van der Waals surface area (Å²) in [7, 11) is 3.85. The zero-order valence-electron chi connectivity index (χ0n) is 15.7. The average Bonchev–Trinajstić information content (AvgIpc) is 3.18. The smallest absolute Gasteiger partial charge is 0.193 e. The fourth-order valence-electron chi connectivity index (χ4n) is 3.42. The van der Waals surface area contributed by atoms with Crippen LogP contribution in [0.4, 0.5) is 0 Å². The number of hydrogen-bond acceptors (Lipinski definition) is 3. The van der Waals surface area contributed by atoms with Crippen LogP contribution in [0.5, 0.6) is 0 Å². The molecule has 1 fully saturated rings. The molecule has 2 atom stereocenters. The quantitative estimate of drug-likeness (QED) is 0.412. The van der Waals surface area contributed by atoms with E-state index in [4.69, 9.17) is 0 Å². The van der Waals surface area contributed by atoms with Crippen molar-refractivity contribution in [2.45, 2.75) is 39.2 Å². The maximum Gasteiger partial charge on any atom is 0.193 e. The van der Waals surface area contributed by atoms with Gasteiger partial charge in [-0.15, -0.1) is 24.0 Å². The predicted octanol–water partition coefficient (Wildman–Crippen LogP) is 2.13. The summed E-state index contributed by atoms with van der Waals surface area (Å²) in [5, 5.41) is 7.85. The summed E-state index contributed by atoms with van der Waals surface area (Å²) < 4.78 is 1.89. The van der Waals surface area contributed by atoms with E-state index in [9.17, 15) is 0 Å². The highest BCUT2D eigenvalue weighted by atomic mass is 127. The molecule has 7 heteroatoms. The van der Waals surface area contributed by atoms with Crippen LogP contribution < -0.4 is 5.32 Å². The van der Waals surface area contributed by atoms with E-state index >= 15 is 0 Å². The Bertz CT molecular complexity index is 511. The van der Waals surface area contributed by atoms with Crippen LogP contribution in [-0.2, 0) is 7.05 Å². The number of nitrogens with zero attached hydrogens (tertiary/aromatic N) is 5. The largest absolute Gasteiger partial charge is 0.355 e. The Hall–Kier alpha value is -0.830. The molecule has 2 rings (SSSR count). The van der Waals surface area contributed by atoms with Crippen molar-refractivity contribution >= 4 is 29.9 Å². The molecule has 6 nitrogen and oxygen atoms in total. The molecule has 0 amide bonds. The van der Waals surface area contributed by atoms with Gasteiger partial charge in [-0.3, -0.25) is 14.6 Å². The standard InChI is InChI=1S/C17H32N6.HI/c1-6-22(7-2)14(3)10-19-17(18-4)23-9-8-15(13-23)16-11-20-21(5)12-16;/h11-12,14-15H,6-10,13H2,1-5H3,(H,18,19);1H. The van der Waals surface area contributed by atoms with Gasteiger partial charge in [0.25, 0.3) is 0 Å². The molecule has 1 aromatic rings. The molecule has 24 heavy (non-hydrogen) atoms. The van der Waals surface area contributed by atoms with Crippen molar-refractivity contribution in [3.8, 4) is 0 Å². The fraction of sp³-hybridized carbons (Fsp3) is 0.765. The minimum absolute atomic E-state index is 0. The van der Waals surface area contributed by atoms with Crippen LogP contribution in [0.25, 0.3) is 0 Å². The first kappa shape index (κ1) is 21.2. The molecule has 0 aliphatic carbocycles. The molecule has 1 aliphatic heterocycles. The first-order chi connectivity index (χ1) is 11.1. The van der Waals surface area contributed by atoms with Crippen molar-refractivity contribution < 1.29 is 0 Å². The lowest BCUT2D eigenvalue weighted by molar-refractivity contribution is 0.230. The van der Waals surface area contributed by atoms with Crippen LogP contribution in [0, 0.1) is 0 Å². The molecule has 0 aromatic carbocycles. The highest BCUT2D eigenvalue weighted by Crippen LogP contribution is 2.26. The summed E-state index contributed by atoms with van der Waals surface area (Å²) in [6.45, 7) is 11.9. The zero-order chi connectivity index (χ0) is 16.8. The summed E-state index contributed by atoms with van der Waals surface area (Å²) in [5.41, 5.74) is 1.34. The lowest BCUT2D eigenvalue weighted by Crippen LogP contribution is -2.46. The third-order valence-corrected chi connectivity index (χ3v) is 4.89. The zero-order valence-corrected chi connectivity index (χ0v) is 18.0. The second kappa shape index (κ2) is 10.2. The number of rotatable bonds is 6. The van der Waals surface area contributed by atoms with E-state index < -0.39 is 0 Å². The Morgan fingerprint density at radius 1 is 1.46 bits per heavy atom. The van der Waals surface area contributed by atoms with Gasteiger partial charge in [0.05, 0.1) is 6.20 Å². The van der Waals surface area contributed by atoms with Crippen molar-refractivity contribution in [1.82, 2.24) is 24.9 Å². The maximum atomic E-state index is 4.48. The summed E-state index contributed by atoms with van der Waals surface area (Å²) >= 11 is 0. The Balaban J connectivity index is 0.00000288. The number of guanidine groups is 1. The third-order valence-electron chi connectivity index (χ3n) is 4.89. The topological polar surface area (TPSA) is 48.7 Å². The van der Waals surface area contributed by atoms with E-state index in [-0.39, 0.29) is 24.0 Å². The van der Waals surface area contributed by atoms with Gasteiger partial charge in [-0.2, -0.15) is 5.10 Å². The van der Waals surface area contributed by atoms with Crippen molar-refractivity contribution in [3.05, 3.63) is 18.0 Å². The Kier molecular flexibility index (Phi) is 9.04. The highest BCUT2D eigenvalue weighted by molar-refractivity contribution is 14.0.